The van der Waals surface area contributed by atoms with Crippen molar-refractivity contribution < 1.29 is 19.1 Å². The average molecular weight is 464 g/mol. The Morgan fingerprint density at radius 2 is 1.85 bits per heavy atom. The van der Waals surface area contributed by atoms with Crippen LogP contribution in [0.4, 0.5) is 0 Å². The van der Waals surface area contributed by atoms with Crippen LogP contribution >= 0.6 is 0 Å². The van der Waals surface area contributed by atoms with E-state index in [9.17, 15) is 9.59 Å². The Hall–Kier alpha value is -3.19. The predicted octanol–water partition coefficient (Wildman–Crippen LogP) is 4.10. The summed E-state index contributed by atoms with van der Waals surface area (Å²) in [6, 6.07) is 15.4. The van der Waals surface area contributed by atoms with Crippen molar-refractivity contribution in [3.63, 3.8) is 0 Å². The number of esters is 1. The van der Waals surface area contributed by atoms with Crippen LogP contribution in [0.3, 0.4) is 0 Å². The number of hydrazone groups is 1. The number of carbonyl (C=O) groups excluding carboxylic acids is 2. The van der Waals surface area contributed by atoms with E-state index in [4.69, 9.17) is 14.6 Å². The molecule has 0 aliphatic carbocycles. The number of hydrogen-bond donors (Lipinski definition) is 0. The molecule has 0 bridgehead atoms. The van der Waals surface area contributed by atoms with Crippen LogP contribution in [0.25, 0.3) is 0 Å². The Morgan fingerprint density at radius 1 is 1.09 bits per heavy atom. The van der Waals surface area contributed by atoms with E-state index in [1.165, 1.54) is 0 Å². The number of para-hydroxylation sites is 1. The number of rotatable bonds is 7. The summed E-state index contributed by atoms with van der Waals surface area (Å²) >= 11 is 0. The molecule has 0 saturated carbocycles. The Labute approximate surface area is 201 Å². The molecule has 7 nitrogen and oxygen atoms in total. The minimum atomic E-state index is -0.379. The standard InChI is InChI=1S/C27H33N3O4/c1-4-34-27(32)23-10-7-8-16-29(23)18-26(31)30-24(20-14-12-19(2)13-15-20)17-22(28-30)21-9-5-6-11-25(21)33-3/h5-6,9,11-15,23-24H,4,7-8,10,16-18H2,1-3H3/t23-,24+/m1/s1. The summed E-state index contributed by atoms with van der Waals surface area (Å²) in [5, 5.41) is 6.40. The number of aryl methyl sites for hydroxylation is 1. The molecule has 2 aliphatic heterocycles. The summed E-state index contributed by atoms with van der Waals surface area (Å²) in [7, 11) is 1.64. The van der Waals surface area contributed by atoms with Crippen molar-refractivity contribution in [2.24, 2.45) is 5.10 Å². The molecule has 4 rings (SSSR count). The van der Waals surface area contributed by atoms with E-state index in [1.54, 1.807) is 19.0 Å². The average Bonchev–Trinajstić information content (AvgIpc) is 3.30. The van der Waals surface area contributed by atoms with Crippen molar-refractivity contribution in [1.29, 1.82) is 0 Å². The Morgan fingerprint density at radius 3 is 2.59 bits per heavy atom. The lowest BCUT2D eigenvalue weighted by atomic mass is 9.97. The van der Waals surface area contributed by atoms with Crippen LogP contribution in [0, 0.1) is 6.92 Å². The second-order valence-electron chi connectivity index (χ2n) is 8.85. The van der Waals surface area contributed by atoms with E-state index in [0.717, 1.165) is 41.0 Å². The Kier molecular flexibility index (Phi) is 7.63. The summed E-state index contributed by atoms with van der Waals surface area (Å²) in [5.74, 6) is 0.369. The van der Waals surface area contributed by atoms with Gasteiger partial charge in [-0.2, -0.15) is 5.10 Å². The van der Waals surface area contributed by atoms with Crippen LogP contribution in [-0.2, 0) is 14.3 Å². The minimum absolute atomic E-state index is 0.119. The number of piperidine rings is 1. The third-order valence-corrected chi connectivity index (χ3v) is 6.56. The van der Waals surface area contributed by atoms with E-state index in [1.807, 2.05) is 36.1 Å². The molecule has 2 aromatic rings. The summed E-state index contributed by atoms with van der Waals surface area (Å²) in [6.07, 6.45) is 3.22. The largest absolute Gasteiger partial charge is 0.496 e. The first-order chi connectivity index (χ1) is 16.5. The molecule has 1 fully saturated rings. The zero-order valence-corrected chi connectivity index (χ0v) is 20.2. The lowest BCUT2D eigenvalue weighted by Crippen LogP contribution is -2.49. The molecule has 1 saturated heterocycles. The molecule has 0 spiro atoms. The third kappa shape index (κ3) is 5.14. The van der Waals surface area contributed by atoms with Gasteiger partial charge < -0.3 is 9.47 Å². The molecule has 34 heavy (non-hydrogen) atoms. The van der Waals surface area contributed by atoms with Gasteiger partial charge in [0.25, 0.3) is 5.91 Å². The van der Waals surface area contributed by atoms with E-state index in [2.05, 4.69) is 24.3 Å². The molecule has 2 aromatic carbocycles. The number of carbonyl (C=O) groups is 2. The molecule has 2 aliphatic rings. The van der Waals surface area contributed by atoms with Crippen LogP contribution < -0.4 is 4.74 Å². The molecule has 0 aromatic heterocycles. The maximum atomic E-state index is 13.6. The van der Waals surface area contributed by atoms with Crippen molar-refractivity contribution in [1.82, 2.24) is 9.91 Å². The summed E-state index contributed by atoms with van der Waals surface area (Å²) in [4.78, 5) is 28.1. The highest BCUT2D eigenvalue weighted by Gasteiger charge is 2.37. The number of likely N-dealkylation sites (tertiary alicyclic amines) is 1. The van der Waals surface area contributed by atoms with Gasteiger partial charge in [0.15, 0.2) is 0 Å². The SMILES string of the molecule is CCOC(=O)[C@H]1CCCCN1CC(=O)N1N=C(c2ccccc2OC)C[C@H]1c1ccc(C)cc1. The number of nitrogens with zero attached hydrogens (tertiary/aromatic N) is 3. The van der Waals surface area contributed by atoms with Gasteiger partial charge in [0, 0.05) is 12.0 Å². The first-order valence-electron chi connectivity index (χ1n) is 12.0. The highest BCUT2D eigenvalue weighted by molar-refractivity contribution is 6.05. The summed E-state index contributed by atoms with van der Waals surface area (Å²) in [6.45, 7) is 5.02. The predicted molar refractivity (Wildman–Crippen MR) is 131 cm³/mol. The van der Waals surface area contributed by atoms with Gasteiger partial charge in [-0.25, -0.2) is 5.01 Å². The lowest BCUT2D eigenvalue weighted by Gasteiger charge is -2.34. The van der Waals surface area contributed by atoms with Gasteiger partial charge in [0.05, 0.1) is 32.0 Å². The smallest absolute Gasteiger partial charge is 0.323 e. The van der Waals surface area contributed by atoms with Crippen molar-refractivity contribution in [2.75, 3.05) is 26.8 Å². The normalized spacial score (nSPS) is 20.7. The van der Waals surface area contributed by atoms with Crippen molar-refractivity contribution in [2.45, 2.75) is 51.6 Å². The van der Waals surface area contributed by atoms with Crippen LogP contribution in [0.2, 0.25) is 0 Å². The molecule has 2 atom stereocenters. The zero-order valence-electron chi connectivity index (χ0n) is 20.2. The Balaban J connectivity index is 1.62. The highest BCUT2D eigenvalue weighted by atomic mass is 16.5. The first-order valence-corrected chi connectivity index (χ1v) is 12.0. The Bertz CT molecular complexity index is 1050. The van der Waals surface area contributed by atoms with E-state index in [0.29, 0.717) is 26.0 Å². The quantitative estimate of drug-likeness (QED) is 0.578. The maximum absolute atomic E-state index is 13.6. The van der Waals surface area contributed by atoms with Crippen LogP contribution in [0.15, 0.2) is 53.6 Å². The first kappa shape index (κ1) is 24.0. The number of hydrogen-bond acceptors (Lipinski definition) is 6. The fourth-order valence-corrected chi connectivity index (χ4v) is 4.77. The number of methoxy groups -OCH3 is 1. The monoisotopic (exact) mass is 463 g/mol. The lowest BCUT2D eigenvalue weighted by molar-refractivity contribution is -0.152. The molecule has 0 radical (unpaired) electrons. The van der Waals surface area contributed by atoms with E-state index in [-0.39, 0.29) is 30.5 Å². The van der Waals surface area contributed by atoms with Crippen LogP contribution in [0.1, 0.15) is 55.3 Å². The van der Waals surface area contributed by atoms with Gasteiger partial charge in [-0.05, 0) is 50.9 Å². The van der Waals surface area contributed by atoms with E-state index >= 15 is 0 Å². The molecule has 1 amide bonds. The number of ether oxygens (including phenoxy) is 2. The molecular formula is C27H33N3O4. The van der Waals surface area contributed by atoms with Gasteiger partial charge >= 0.3 is 5.97 Å². The zero-order chi connectivity index (χ0) is 24.1. The maximum Gasteiger partial charge on any atom is 0.323 e. The fraction of sp³-hybridized carbons (Fsp3) is 0.444. The van der Waals surface area contributed by atoms with E-state index < -0.39 is 0 Å². The molecular weight excluding hydrogens is 430 g/mol. The van der Waals surface area contributed by atoms with Gasteiger partial charge in [-0.1, -0.05) is 48.4 Å². The van der Waals surface area contributed by atoms with Gasteiger partial charge in [-0.3, -0.25) is 14.5 Å². The van der Waals surface area contributed by atoms with Gasteiger partial charge in [-0.15, -0.1) is 0 Å². The third-order valence-electron chi connectivity index (χ3n) is 6.56. The molecule has 0 N–H and O–H groups in total. The number of amides is 1. The molecule has 0 unspecified atom stereocenters. The molecule has 2 heterocycles. The van der Waals surface area contributed by atoms with Crippen LogP contribution in [-0.4, -0.2) is 60.3 Å². The van der Waals surface area contributed by atoms with Crippen molar-refractivity contribution in [3.8, 4) is 5.75 Å². The van der Waals surface area contributed by atoms with Gasteiger partial charge in [0.1, 0.15) is 11.8 Å². The minimum Gasteiger partial charge on any atom is -0.496 e. The van der Waals surface area contributed by atoms with Crippen molar-refractivity contribution in [3.05, 3.63) is 65.2 Å². The molecule has 180 valence electrons. The fourth-order valence-electron chi connectivity index (χ4n) is 4.77. The highest BCUT2D eigenvalue weighted by Crippen LogP contribution is 2.35. The molecule has 7 heteroatoms. The topological polar surface area (TPSA) is 71.4 Å². The summed E-state index contributed by atoms with van der Waals surface area (Å²) < 4.78 is 10.8. The van der Waals surface area contributed by atoms with Gasteiger partial charge in [0.2, 0.25) is 0 Å². The van der Waals surface area contributed by atoms with Crippen LogP contribution in [0.5, 0.6) is 5.75 Å². The second kappa shape index (κ2) is 10.8. The number of benzene rings is 2. The second-order valence-corrected chi connectivity index (χ2v) is 8.85. The summed E-state index contributed by atoms with van der Waals surface area (Å²) in [5.41, 5.74) is 3.90. The van der Waals surface area contributed by atoms with Crippen molar-refractivity contribution >= 4 is 17.6 Å².